The smallest absolute Gasteiger partial charge is 0.277 e. The Balaban J connectivity index is 1.86. The van der Waals surface area contributed by atoms with Crippen LogP contribution >= 0.6 is 11.8 Å². The number of aromatic amines is 1. The van der Waals surface area contributed by atoms with Crippen LogP contribution in [0.2, 0.25) is 0 Å². The summed E-state index contributed by atoms with van der Waals surface area (Å²) < 4.78 is 10.5. The highest BCUT2D eigenvalue weighted by Gasteiger charge is 2.40. The number of aliphatic hydroxyl groups is 6. The molecule has 1 aromatic rings. The zero-order valence-electron chi connectivity index (χ0n) is 15.3. The van der Waals surface area contributed by atoms with Crippen molar-refractivity contribution in [3.8, 4) is 0 Å². The summed E-state index contributed by atoms with van der Waals surface area (Å²) in [4.78, 5) is 19.2. The van der Waals surface area contributed by atoms with E-state index in [1.165, 1.54) is 0 Å². The Morgan fingerprint density at radius 2 is 1.45 bits per heavy atom. The largest absolute Gasteiger partial charge is 0.388 e. The predicted octanol–water partition coefficient (Wildman–Crippen LogP) is -3.81. The lowest BCUT2D eigenvalue weighted by Gasteiger charge is -2.37. The highest BCUT2D eigenvalue weighted by Crippen LogP contribution is 2.25. The Morgan fingerprint density at radius 1 is 0.931 bits per heavy atom. The second-order valence-corrected chi connectivity index (χ2v) is 7.49. The summed E-state index contributed by atoms with van der Waals surface area (Å²) in [5.74, 6) is -0.0813. The van der Waals surface area contributed by atoms with Crippen molar-refractivity contribution in [1.29, 1.82) is 0 Å². The molecule has 0 spiro atoms. The molecule has 0 aromatic carbocycles. The minimum atomic E-state index is -1.54. The predicted molar refractivity (Wildman–Crippen MR) is 99.4 cm³/mol. The summed E-state index contributed by atoms with van der Waals surface area (Å²) in [6.45, 7) is -0.535. The van der Waals surface area contributed by atoms with Gasteiger partial charge in [-0.15, -0.1) is 0 Å². The van der Waals surface area contributed by atoms with E-state index >= 15 is 0 Å². The normalized spacial score (nSPS) is 37.9. The molecule has 0 unspecified atom stereocenters. The average Bonchev–Trinajstić information content (AvgIpc) is 2.70. The fraction of sp³-hybridized carbons (Fsp3) is 0.733. The highest BCUT2D eigenvalue weighted by atomic mass is 32.2. The van der Waals surface area contributed by atoms with Crippen molar-refractivity contribution in [2.75, 3.05) is 30.1 Å². The van der Waals surface area contributed by atoms with Crippen molar-refractivity contribution in [2.45, 2.75) is 54.2 Å². The number of hydrogen-bond acceptors (Lipinski definition) is 13. The third-order valence-corrected chi connectivity index (χ3v) is 5.24. The van der Waals surface area contributed by atoms with Crippen LogP contribution in [0, 0.1) is 0 Å². The summed E-state index contributed by atoms with van der Waals surface area (Å²) in [6.07, 6.45) is -9.33. The lowest BCUT2D eigenvalue weighted by atomic mass is 10.0. The van der Waals surface area contributed by atoms with Gasteiger partial charge in [0.1, 0.15) is 42.3 Å². The Hall–Kier alpha value is -1.49. The van der Waals surface area contributed by atoms with E-state index in [2.05, 4.69) is 20.6 Å². The number of nitrogens with one attached hydrogen (secondary N) is 3. The molecule has 14 heteroatoms. The van der Waals surface area contributed by atoms with Gasteiger partial charge in [-0.05, 0) is 6.26 Å². The molecule has 2 saturated heterocycles. The van der Waals surface area contributed by atoms with E-state index in [4.69, 9.17) is 9.47 Å². The molecule has 0 radical (unpaired) electrons. The van der Waals surface area contributed by atoms with Crippen molar-refractivity contribution in [2.24, 2.45) is 0 Å². The standard InChI is InChI=1S/C15H24N4O9S/c1-29-15-18-11(17-14-10(25)8(23)5(21)3-28-14)6(12(26)19-15)16-13-9(24)7(22)4(20)2-27-13/h4-5,7-10,13-14,16,20-25H,2-3H2,1H3,(H2,17,18,19,26)/t4-,5-,7+,8+,9-,10-,13-,14+/m1/s1. The van der Waals surface area contributed by atoms with E-state index in [9.17, 15) is 35.4 Å². The Labute approximate surface area is 168 Å². The summed E-state index contributed by atoms with van der Waals surface area (Å²) in [5, 5.41) is 64.5. The molecule has 29 heavy (non-hydrogen) atoms. The lowest BCUT2D eigenvalue weighted by Crippen LogP contribution is -2.56. The molecule has 164 valence electrons. The number of anilines is 2. The van der Waals surface area contributed by atoms with Crippen LogP contribution in [0.4, 0.5) is 11.5 Å². The summed E-state index contributed by atoms with van der Waals surface area (Å²) in [7, 11) is 0. The van der Waals surface area contributed by atoms with Crippen LogP contribution in [-0.2, 0) is 9.47 Å². The summed E-state index contributed by atoms with van der Waals surface area (Å²) >= 11 is 1.14. The number of hydrogen-bond donors (Lipinski definition) is 9. The van der Waals surface area contributed by atoms with Crippen molar-refractivity contribution < 1.29 is 40.1 Å². The zero-order chi connectivity index (χ0) is 21.3. The number of rotatable bonds is 5. The average molecular weight is 436 g/mol. The first-order valence-electron chi connectivity index (χ1n) is 8.76. The third-order valence-electron chi connectivity index (χ3n) is 4.66. The Morgan fingerprint density at radius 3 is 1.97 bits per heavy atom. The molecule has 2 aliphatic rings. The maximum Gasteiger partial charge on any atom is 0.277 e. The van der Waals surface area contributed by atoms with E-state index < -0.39 is 54.6 Å². The van der Waals surface area contributed by atoms with Gasteiger partial charge >= 0.3 is 0 Å². The molecule has 0 saturated carbocycles. The third kappa shape index (κ3) is 4.65. The maximum atomic E-state index is 12.5. The summed E-state index contributed by atoms with van der Waals surface area (Å²) in [5.41, 5.74) is -0.832. The van der Waals surface area contributed by atoms with Crippen molar-refractivity contribution in [1.82, 2.24) is 9.97 Å². The van der Waals surface area contributed by atoms with Gasteiger partial charge in [0.25, 0.3) is 5.56 Å². The number of thioether (sulfide) groups is 1. The molecule has 2 fully saturated rings. The maximum absolute atomic E-state index is 12.5. The fourth-order valence-electron chi connectivity index (χ4n) is 2.93. The molecule has 13 nitrogen and oxygen atoms in total. The van der Waals surface area contributed by atoms with Crippen molar-refractivity contribution >= 4 is 23.3 Å². The van der Waals surface area contributed by atoms with Crippen LogP contribution in [0.1, 0.15) is 0 Å². The molecule has 9 N–H and O–H groups in total. The van der Waals surface area contributed by atoms with E-state index in [0.717, 1.165) is 11.8 Å². The first-order valence-corrected chi connectivity index (χ1v) is 9.98. The second-order valence-electron chi connectivity index (χ2n) is 6.69. The van der Waals surface area contributed by atoms with Gasteiger partial charge in [0, 0.05) is 0 Å². The number of H-pyrrole nitrogens is 1. The van der Waals surface area contributed by atoms with Gasteiger partial charge in [-0.2, -0.15) is 0 Å². The van der Waals surface area contributed by atoms with Crippen molar-refractivity contribution in [3.63, 3.8) is 0 Å². The molecule has 1 aromatic heterocycles. The van der Waals surface area contributed by atoms with Crippen LogP contribution in [-0.4, -0.2) is 109 Å². The molecule has 0 aliphatic carbocycles. The van der Waals surface area contributed by atoms with E-state index in [1.807, 2.05) is 0 Å². The summed E-state index contributed by atoms with van der Waals surface area (Å²) in [6, 6.07) is 0. The minimum Gasteiger partial charge on any atom is -0.388 e. The topological polar surface area (TPSA) is 210 Å². The first kappa shape index (κ1) is 22.2. The van der Waals surface area contributed by atoms with Gasteiger partial charge in [0.15, 0.2) is 23.4 Å². The van der Waals surface area contributed by atoms with Crippen LogP contribution < -0.4 is 16.2 Å². The molecule has 3 heterocycles. The van der Waals surface area contributed by atoms with Crippen LogP contribution in [0.3, 0.4) is 0 Å². The molecule has 0 amide bonds. The lowest BCUT2D eigenvalue weighted by molar-refractivity contribution is -0.179. The fourth-order valence-corrected chi connectivity index (χ4v) is 3.31. The number of aromatic nitrogens is 2. The van der Waals surface area contributed by atoms with Crippen molar-refractivity contribution in [3.05, 3.63) is 10.4 Å². The van der Waals surface area contributed by atoms with Crippen LogP contribution in [0.15, 0.2) is 9.95 Å². The zero-order valence-corrected chi connectivity index (χ0v) is 16.1. The van der Waals surface area contributed by atoms with Crippen LogP contribution in [0.25, 0.3) is 0 Å². The van der Waals surface area contributed by atoms with Gasteiger partial charge in [0.05, 0.1) is 13.2 Å². The van der Waals surface area contributed by atoms with Gasteiger partial charge in [-0.3, -0.25) is 9.78 Å². The van der Waals surface area contributed by atoms with Gasteiger partial charge in [-0.1, -0.05) is 11.8 Å². The van der Waals surface area contributed by atoms with Crippen LogP contribution in [0.5, 0.6) is 0 Å². The molecular formula is C15H24N4O9S. The monoisotopic (exact) mass is 436 g/mol. The van der Waals surface area contributed by atoms with Gasteiger partial charge in [-0.25, -0.2) is 4.98 Å². The molecular weight excluding hydrogens is 412 g/mol. The number of nitrogens with zero attached hydrogens (tertiary/aromatic N) is 1. The first-order chi connectivity index (χ1) is 13.7. The Bertz CT molecular complexity index is 768. The van der Waals surface area contributed by atoms with Gasteiger partial charge < -0.3 is 50.7 Å². The molecule has 8 atom stereocenters. The van der Waals surface area contributed by atoms with E-state index in [0.29, 0.717) is 0 Å². The minimum absolute atomic E-state index is 0.0813. The van der Waals surface area contributed by atoms with E-state index in [1.54, 1.807) is 6.26 Å². The SMILES string of the molecule is CSc1nc(N[C@H]2OC[C@@H](O)[C@H](O)[C@H]2O)c(N[C@@H]2OC[C@@H](O)[C@H](O)[C@H]2O)c(=O)[nH]1. The molecule has 3 rings (SSSR count). The molecule has 0 bridgehead atoms. The van der Waals surface area contributed by atoms with Gasteiger partial charge in [0.2, 0.25) is 0 Å². The Kier molecular flexibility index (Phi) is 6.98. The number of aliphatic hydroxyl groups excluding tert-OH is 6. The number of ether oxygens (including phenoxy) is 2. The quantitative estimate of drug-likeness (QED) is 0.160. The van der Waals surface area contributed by atoms with E-state index in [-0.39, 0.29) is 29.9 Å². The molecule has 2 aliphatic heterocycles. The second kappa shape index (κ2) is 9.11. The highest BCUT2D eigenvalue weighted by molar-refractivity contribution is 7.98.